The van der Waals surface area contributed by atoms with Gasteiger partial charge in [0.15, 0.2) is 0 Å². The van der Waals surface area contributed by atoms with Crippen LogP contribution < -0.4 is 0 Å². The van der Waals surface area contributed by atoms with Crippen molar-refractivity contribution < 1.29 is 9.84 Å². The lowest BCUT2D eigenvalue weighted by Crippen LogP contribution is -1.92. The number of aliphatic hydroxyl groups excluding tert-OH is 1. The SMILES string of the molecule is COCCCSc1ccc([C@H](C)O)cc1Cl. The Morgan fingerprint density at radius 1 is 1.50 bits per heavy atom. The molecule has 1 N–H and O–H groups in total. The second-order valence-electron chi connectivity index (χ2n) is 3.56. The number of hydrogen-bond acceptors (Lipinski definition) is 3. The molecule has 90 valence electrons. The van der Waals surface area contributed by atoms with Crippen LogP contribution in [0.3, 0.4) is 0 Å². The standard InChI is InChI=1S/C12H17ClO2S/c1-9(14)10-4-5-12(11(13)8-10)16-7-3-6-15-2/h4-5,8-9,14H,3,6-7H2,1-2H3/t9-/m0/s1. The third kappa shape index (κ3) is 4.34. The van der Waals surface area contributed by atoms with E-state index in [1.54, 1.807) is 25.8 Å². The number of methoxy groups -OCH3 is 1. The summed E-state index contributed by atoms with van der Waals surface area (Å²) in [5.41, 5.74) is 0.853. The van der Waals surface area contributed by atoms with E-state index in [4.69, 9.17) is 16.3 Å². The Labute approximate surface area is 106 Å². The molecule has 1 atom stereocenters. The summed E-state index contributed by atoms with van der Waals surface area (Å²) in [5.74, 6) is 0.988. The Balaban J connectivity index is 2.54. The molecule has 0 saturated heterocycles. The quantitative estimate of drug-likeness (QED) is 0.627. The summed E-state index contributed by atoms with van der Waals surface area (Å²) < 4.78 is 4.98. The van der Waals surface area contributed by atoms with Gasteiger partial charge in [0.2, 0.25) is 0 Å². The van der Waals surface area contributed by atoms with Crippen molar-refractivity contribution in [1.29, 1.82) is 0 Å². The van der Waals surface area contributed by atoms with Crippen molar-refractivity contribution in [3.63, 3.8) is 0 Å². The molecule has 0 aliphatic rings. The molecule has 0 aliphatic carbocycles. The lowest BCUT2D eigenvalue weighted by atomic mass is 10.1. The van der Waals surface area contributed by atoms with Crippen molar-refractivity contribution in [2.45, 2.75) is 24.3 Å². The van der Waals surface area contributed by atoms with Crippen LogP contribution in [0.25, 0.3) is 0 Å². The van der Waals surface area contributed by atoms with E-state index in [0.29, 0.717) is 5.02 Å². The minimum Gasteiger partial charge on any atom is -0.389 e. The molecule has 2 nitrogen and oxygen atoms in total. The second kappa shape index (κ2) is 7.17. The Morgan fingerprint density at radius 2 is 2.25 bits per heavy atom. The Kier molecular flexibility index (Phi) is 6.21. The van der Waals surface area contributed by atoms with Crippen LogP contribution in [0, 0.1) is 0 Å². The van der Waals surface area contributed by atoms with Crippen LogP contribution in [0.2, 0.25) is 5.02 Å². The Morgan fingerprint density at radius 3 is 2.81 bits per heavy atom. The van der Waals surface area contributed by atoms with Gasteiger partial charge in [-0.3, -0.25) is 0 Å². The van der Waals surface area contributed by atoms with E-state index in [9.17, 15) is 5.11 Å². The smallest absolute Gasteiger partial charge is 0.0762 e. The number of rotatable bonds is 6. The molecule has 0 bridgehead atoms. The largest absolute Gasteiger partial charge is 0.389 e. The summed E-state index contributed by atoms with van der Waals surface area (Å²) in [4.78, 5) is 1.06. The summed E-state index contributed by atoms with van der Waals surface area (Å²) in [7, 11) is 1.70. The maximum atomic E-state index is 9.40. The number of ether oxygens (including phenoxy) is 1. The first-order valence-corrected chi connectivity index (χ1v) is 6.60. The van der Waals surface area contributed by atoms with E-state index in [-0.39, 0.29) is 0 Å². The fourth-order valence-corrected chi connectivity index (χ4v) is 2.48. The van der Waals surface area contributed by atoms with Crippen molar-refractivity contribution in [1.82, 2.24) is 0 Å². The van der Waals surface area contributed by atoms with Gasteiger partial charge in [-0.2, -0.15) is 0 Å². The van der Waals surface area contributed by atoms with Gasteiger partial charge >= 0.3 is 0 Å². The third-order valence-corrected chi connectivity index (χ3v) is 3.77. The van der Waals surface area contributed by atoms with Gasteiger partial charge in [-0.15, -0.1) is 11.8 Å². The first-order chi connectivity index (χ1) is 7.65. The molecule has 0 unspecified atom stereocenters. The highest BCUT2D eigenvalue weighted by Crippen LogP contribution is 2.30. The van der Waals surface area contributed by atoms with Crippen LogP contribution >= 0.6 is 23.4 Å². The van der Waals surface area contributed by atoms with Gasteiger partial charge in [0.1, 0.15) is 0 Å². The summed E-state index contributed by atoms with van der Waals surface area (Å²) in [5, 5.41) is 10.1. The van der Waals surface area contributed by atoms with Crippen molar-refractivity contribution in [2.24, 2.45) is 0 Å². The van der Waals surface area contributed by atoms with Crippen molar-refractivity contribution >= 4 is 23.4 Å². The third-order valence-electron chi connectivity index (χ3n) is 2.19. The highest BCUT2D eigenvalue weighted by molar-refractivity contribution is 7.99. The number of benzene rings is 1. The number of aliphatic hydroxyl groups is 1. The summed E-state index contributed by atoms with van der Waals surface area (Å²) in [6.45, 7) is 2.51. The lowest BCUT2D eigenvalue weighted by Gasteiger charge is -2.08. The molecule has 4 heteroatoms. The second-order valence-corrected chi connectivity index (χ2v) is 5.10. The van der Waals surface area contributed by atoms with Crippen LogP contribution in [0.5, 0.6) is 0 Å². The van der Waals surface area contributed by atoms with Gasteiger partial charge < -0.3 is 9.84 Å². The van der Waals surface area contributed by atoms with Crippen LogP contribution in [-0.4, -0.2) is 24.6 Å². The highest BCUT2D eigenvalue weighted by atomic mass is 35.5. The van der Waals surface area contributed by atoms with Crippen LogP contribution in [-0.2, 0) is 4.74 Å². The molecule has 0 spiro atoms. The van der Waals surface area contributed by atoms with Crippen LogP contribution in [0.1, 0.15) is 25.0 Å². The fourth-order valence-electron chi connectivity index (χ4n) is 1.28. The lowest BCUT2D eigenvalue weighted by molar-refractivity contribution is 0.199. The number of hydrogen-bond donors (Lipinski definition) is 1. The van der Waals surface area contributed by atoms with E-state index in [2.05, 4.69) is 0 Å². The van der Waals surface area contributed by atoms with E-state index in [1.165, 1.54) is 0 Å². The first kappa shape index (κ1) is 13.8. The maximum Gasteiger partial charge on any atom is 0.0762 e. The molecule has 16 heavy (non-hydrogen) atoms. The average Bonchev–Trinajstić information content (AvgIpc) is 2.26. The molecule has 0 aromatic heterocycles. The van der Waals surface area contributed by atoms with Gasteiger partial charge in [-0.1, -0.05) is 17.7 Å². The van der Waals surface area contributed by atoms with Gasteiger partial charge in [0.05, 0.1) is 11.1 Å². The van der Waals surface area contributed by atoms with Crippen molar-refractivity contribution in [3.8, 4) is 0 Å². The maximum absolute atomic E-state index is 9.40. The zero-order valence-corrected chi connectivity index (χ0v) is 11.1. The van der Waals surface area contributed by atoms with Gasteiger partial charge in [-0.05, 0) is 31.0 Å². The molecule has 0 amide bonds. The molecule has 1 aromatic rings. The van der Waals surface area contributed by atoms with E-state index < -0.39 is 6.10 Å². The van der Waals surface area contributed by atoms with Gasteiger partial charge in [0, 0.05) is 24.4 Å². The molecular formula is C12H17ClO2S. The molecule has 1 rings (SSSR count). The minimum atomic E-state index is -0.468. The molecule has 0 heterocycles. The topological polar surface area (TPSA) is 29.5 Å². The number of halogens is 1. The molecule has 0 aliphatic heterocycles. The summed E-state index contributed by atoms with van der Waals surface area (Å²) in [6.07, 6.45) is 0.542. The average molecular weight is 261 g/mol. The summed E-state index contributed by atoms with van der Waals surface area (Å²) in [6, 6.07) is 5.70. The molecule has 1 aromatic carbocycles. The van der Waals surface area contributed by atoms with E-state index >= 15 is 0 Å². The molecule has 0 radical (unpaired) electrons. The van der Waals surface area contributed by atoms with E-state index in [1.807, 2.05) is 18.2 Å². The Hall–Kier alpha value is -0.220. The molecular weight excluding hydrogens is 244 g/mol. The number of thioether (sulfide) groups is 1. The molecule has 0 saturated carbocycles. The predicted molar refractivity (Wildman–Crippen MR) is 69.3 cm³/mol. The first-order valence-electron chi connectivity index (χ1n) is 5.24. The summed E-state index contributed by atoms with van der Waals surface area (Å²) >= 11 is 7.84. The van der Waals surface area contributed by atoms with Crippen LogP contribution in [0.4, 0.5) is 0 Å². The predicted octanol–water partition coefficient (Wildman–Crippen LogP) is 3.52. The minimum absolute atomic E-state index is 0.468. The van der Waals surface area contributed by atoms with Crippen molar-refractivity contribution in [3.05, 3.63) is 28.8 Å². The Bertz CT molecular complexity index is 329. The molecule has 0 fully saturated rings. The van der Waals surface area contributed by atoms with E-state index in [0.717, 1.165) is 29.2 Å². The normalized spacial score (nSPS) is 12.8. The van der Waals surface area contributed by atoms with Gasteiger partial charge in [0.25, 0.3) is 0 Å². The van der Waals surface area contributed by atoms with Crippen molar-refractivity contribution in [2.75, 3.05) is 19.5 Å². The zero-order valence-electron chi connectivity index (χ0n) is 9.57. The van der Waals surface area contributed by atoms with Crippen LogP contribution in [0.15, 0.2) is 23.1 Å². The highest BCUT2D eigenvalue weighted by Gasteiger charge is 2.05. The fraction of sp³-hybridized carbons (Fsp3) is 0.500. The van der Waals surface area contributed by atoms with Gasteiger partial charge in [-0.25, -0.2) is 0 Å². The zero-order chi connectivity index (χ0) is 12.0. The monoisotopic (exact) mass is 260 g/mol.